The van der Waals surface area contributed by atoms with Gasteiger partial charge in [0.05, 0.1) is 11.5 Å². The first-order valence-corrected chi connectivity index (χ1v) is 10.8. The second-order valence-electron chi connectivity index (χ2n) is 6.37. The van der Waals surface area contributed by atoms with Gasteiger partial charge < -0.3 is 15.8 Å². The van der Waals surface area contributed by atoms with Crippen molar-refractivity contribution in [2.45, 2.75) is 30.2 Å². The van der Waals surface area contributed by atoms with Crippen molar-refractivity contribution >= 4 is 15.7 Å². The summed E-state index contributed by atoms with van der Waals surface area (Å²) in [7, 11) is -3.20. The molecule has 0 spiro atoms. The Hall–Kier alpha value is -2.38. The van der Waals surface area contributed by atoms with Crippen molar-refractivity contribution in [3.05, 3.63) is 60.2 Å². The zero-order chi connectivity index (χ0) is 19.7. The van der Waals surface area contributed by atoms with Gasteiger partial charge in [0.25, 0.3) is 0 Å². The largest absolute Gasteiger partial charge is 0.494 e. The topological polar surface area (TPSA) is 98.5 Å². The number of hydrogen-bond donors (Lipinski definition) is 2. The van der Waals surface area contributed by atoms with Crippen LogP contribution in [-0.4, -0.2) is 33.7 Å². The fourth-order valence-electron chi connectivity index (χ4n) is 2.49. The fraction of sp³-hybridized carbons (Fsp3) is 0.350. The van der Waals surface area contributed by atoms with E-state index in [1.807, 2.05) is 30.3 Å². The van der Waals surface area contributed by atoms with Gasteiger partial charge in [-0.05, 0) is 42.7 Å². The summed E-state index contributed by atoms with van der Waals surface area (Å²) >= 11 is 0. The zero-order valence-electron chi connectivity index (χ0n) is 15.4. The number of nitrogens with one attached hydrogen (secondary N) is 1. The Bertz CT molecular complexity index is 821. The maximum atomic E-state index is 11.9. The SMILES string of the molecule is CS(=O)(=O)c1ccc(OCCCCC(=O)NCC(N)c2ccccc2)cc1. The lowest BCUT2D eigenvalue weighted by molar-refractivity contribution is -0.121. The van der Waals surface area contributed by atoms with Crippen LogP contribution < -0.4 is 15.8 Å². The van der Waals surface area contributed by atoms with Gasteiger partial charge in [0.2, 0.25) is 5.91 Å². The molecule has 1 unspecified atom stereocenters. The second-order valence-corrected chi connectivity index (χ2v) is 8.39. The normalized spacial score (nSPS) is 12.4. The molecule has 0 heterocycles. The average molecular weight is 391 g/mol. The van der Waals surface area contributed by atoms with E-state index in [2.05, 4.69) is 5.32 Å². The monoisotopic (exact) mass is 390 g/mol. The van der Waals surface area contributed by atoms with Crippen molar-refractivity contribution in [3.63, 3.8) is 0 Å². The van der Waals surface area contributed by atoms with Gasteiger partial charge in [0.15, 0.2) is 9.84 Å². The molecule has 0 aliphatic rings. The summed E-state index contributed by atoms with van der Waals surface area (Å²) in [6.45, 7) is 0.876. The Morgan fingerprint density at radius 3 is 2.37 bits per heavy atom. The summed E-state index contributed by atoms with van der Waals surface area (Å²) < 4.78 is 28.4. The summed E-state index contributed by atoms with van der Waals surface area (Å²) in [6.07, 6.45) is 3.01. The van der Waals surface area contributed by atoms with E-state index in [1.165, 1.54) is 18.4 Å². The van der Waals surface area contributed by atoms with Crippen molar-refractivity contribution in [2.24, 2.45) is 5.73 Å². The molecule has 27 heavy (non-hydrogen) atoms. The number of ether oxygens (including phenoxy) is 1. The maximum absolute atomic E-state index is 11.9. The lowest BCUT2D eigenvalue weighted by Crippen LogP contribution is -2.31. The molecule has 2 rings (SSSR count). The van der Waals surface area contributed by atoms with E-state index in [1.54, 1.807) is 12.1 Å². The van der Waals surface area contributed by atoms with Crippen LogP contribution in [0.15, 0.2) is 59.5 Å². The molecule has 6 nitrogen and oxygen atoms in total. The highest BCUT2D eigenvalue weighted by atomic mass is 32.2. The molecular weight excluding hydrogens is 364 g/mol. The molecule has 3 N–H and O–H groups in total. The Labute approximate surface area is 160 Å². The number of hydrogen-bond acceptors (Lipinski definition) is 5. The number of nitrogens with two attached hydrogens (primary N) is 1. The first-order valence-electron chi connectivity index (χ1n) is 8.86. The van der Waals surface area contributed by atoms with Crippen LogP contribution in [0.5, 0.6) is 5.75 Å². The Morgan fingerprint density at radius 2 is 1.74 bits per heavy atom. The summed E-state index contributed by atoms with van der Waals surface area (Å²) in [4.78, 5) is 12.1. The van der Waals surface area contributed by atoms with E-state index >= 15 is 0 Å². The zero-order valence-corrected chi connectivity index (χ0v) is 16.2. The quantitative estimate of drug-likeness (QED) is 0.607. The molecule has 0 aliphatic carbocycles. The molecular formula is C20H26N2O4S. The third kappa shape index (κ3) is 7.40. The van der Waals surface area contributed by atoms with Crippen molar-refractivity contribution < 1.29 is 17.9 Å². The van der Waals surface area contributed by atoms with Gasteiger partial charge in [-0.1, -0.05) is 30.3 Å². The predicted molar refractivity (Wildman–Crippen MR) is 105 cm³/mol. The highest BCUT2D eigenvalue weighted by Crippen LogP contribution is 2.16. The number of carbonyl (C=O) groups excluding carboxylic acids is 1. The molecule has 0 saturated heterocycles. The van der Waals surface area contributed by atoms with Crippen LogP contribution in [0.25, 0.3) is 0 Å². The summed E-state index contributed by atoms with van der Waals surface area (Å²) in [5.74, 6) is 0.583. The maximum Gasteiger partial charge on any atom is 0.220 e. The number of sulfone groups is 1. The van der Waals surface area contributed by atoms with Crippen LogP contribution in [-0.2, 0) is 14.6 Å². The molecule has 0 aromatic heterocycles. The van der Waals surface area contributed by atoms with E-state index in [0.717, 1.165) is 12.0 Å². The van der Waals surface area contributed by atoms with Crippen LogP contribution in [0.3, 0.4) is 0 Å². The van der Waals surface area contributed by atoms with Crippen molar-refractivity contribution in [1.82, 2.24) is 5.32 Å². The average Bonchev–Trinajstić information content (AvgIpc) is 2.66. The molecule has 1 amide bonds. The van der Waals surface area contributed by atoms with Gasteiger partial charge in [0, 0.05) is 25.3 Å². The van der Waals surface area contributed by atoms with Crippen LogP contribution in [0, 0.1) is 0 Å². The van der Waals surface area contributed by atoms with E-state index in [4.69, 9.17) is 10.5 Å². The first kappa shape index (κ1) is 20.9. The molecule has 0 saturated carbocycles. The van der Waals surface area contributed by atoms with Crippen LogP contribution >= 0.6 is 0 Å². The fourth-order valence-corrected chi connectivity index (χ4v) is 3.12. The molecule has 0 fully saturated rings. The van der Waals surface area contributed by atoms with Gasteiger partial charge >= 0.3 is 0 Å². The van der Waals surface area contributed by atoms with E-state index in [0.29, 0.717) is 31.7 Å². The van der Waals surface area contributed by atoms with Crippen LogP contribution in [0.4, 0.5) is 0 Å². The van der Waals surface area contributed by atoms with Crippen LogP contribution in [0.2, 0.25) is 0 Å². The summed E-state index contributed by atoms with van der Waals surface area (Å²) in [6, 6.07) is 15.7. The third-order valence-electron chi connectivity index (χ3n) is 4.07. The molecule has 7 heteroatoms. The molecule has 0 radical (unpaired) electrons. The Kier molecular flexibility index (Phi) is 7.82. The van der Waals surface area contributed by atoms with Gasteiger partial charge in [-0.2, -0.15) is 0 Å². The Balaban J connectivity index is 1.60. The van der Waals surface area contributed by atoms with Crippen molar-refractivity contribution in [3.8, 4) is 5.75 Å². The van der Waals surface area contributed by atoms with Gasteiger partial charge in [-0.25, -0.2) is 8.42 Å². The summed E-state index contributed by atoms with van der Waals surface area (Å²) in [5, 5.41) is 2.85. The van der Waals surface area contributed by atoms with E-state index in [-0.39, 0.29) is 16.8 Å². The minimum atomic E-state index is -3.20. The van der Waals surface area contributed by atoms with Crippen molar-refractivity contribution in [1.29, 1.82) is 0 Å². The van der Waals surface area contributed by atoms with Gasteiger partial charge in [-0.3, -0.25) is 4.79 Å². The molecule has 2 aromatic rings. The van der Waals surface area contributed by atoms with E-state index in [9.17, 15) is 13.2 Å². The van der Waals surface area contributed by atoms with Gasteiger partial charge in [0.1, 0.15) is 5.75 Å². The highest BCUT2D eigenvalue weighted by Gasteiger charge is 2.08. The Morgan fingerprint density at radius 1 is 1.07 bits per heavy atom. The standard InChI is InChI=1S/C20H26N2O4S/c1-27(24,25)18-12-10-17(11-13-18)26-14-6-5-9-20(23)22-15-19(21)16-7-3-2-4-8-16/h2-4,7-8,10-13,19H,5-6,9,14-15,21H2,1H3,(H,22,23). The molecule has 2 aromatic carbocycles. The lowest BCUT2D eigenvalue weighted by Gasteiger charge is -2.13. The molecule has 146 valence electrons. The second kappa shape index (κ2) is 10.1. The smallest absolute Gasteiger partial charge is 0.220 e. The minimum Gasteiger partial charge on any atom is -0.494 e. The number of amides is 1. The minimum absolute atomic E-state index is 0.0288. The number of benzene rings is 2. The highest BCUT2D eigenvalue weighted by molar-refractivity contribution is 7.90. The molecule has 1 atom stereocenters. The van der Waals surface area contributed by atoms with E-state index < -0.39 is 9.84 Å². The van der Waals surface area contributed by atoms with Crippen molar-refractivity contribution in [2.75, 3.05) is 19.4 Å². The molecule has 0 aliphatic heterocycles. The first-order chi connectivity index (χ1) is 12.9. The number of carbonyl (C=O) groups is 1. The number of unbranched alkanes of at least 4 members (excludes halogenated alkanes) is 1. The predicted octanol–water partition coefficient (Wildman–Crippen LogP) is 2.46. The van der Waals surface area contributed by atoms with Gasteiger partial charge in [-0.15, -0.1) is 0 Å². The van der Waals surface area contributed by atoms with Crippen LogP contribution in [0.1, 0.15) is 30.9 Å². The summed E-state index contributed by atoms with van der Waals surface area (Å²) in [5.41, 5.74) is 7.04. The molecule has 0 bridgehead atoms. The lowest BCUT2D eigenvalue weighted by atomic mass is 10.1. The number of rotatable bonds is 10. The third-order valence-corrected chi connectivity index (χ3v) is 5.19.